The maximum atomic E-state index is 10.4. The van der Waals surface area contributed by atoms with E-state index in [1.54, 1.807) is 11.6 Å². The number of hydrogen-bond acceptors (Lipinski definition) is 7. The highest BCUT2D eigenvalue weighted by Gasteiger charge is 2.14. The average molecular weight is 355 g/mol. The third-order valence-electron chi connectivity index (χ3n) is 3.58. The summed E-state index contributed by atoms with van der Waals surface area (Å²) in [5.74, 6) is 0.172. The normalized spacial score (nSPS) is 15.4. The van der Waals surface area contributed by atoms with Gasteiger partial charge < -0.3 is 5.11 Å². The van der Waals surface area contributed by atoms with E-state index in [0.717, 1.165) is 26.7 Å². The maximum Gasteiger partial charge on any atom is 0.234 e. The number of nitrogens with zero attached hydrogens (tertiary/aromatic N) is 5. The van der Waals surface area contributed by atoms with Crippen LogP contribution < -0.4 is 4.80 Å². The van der Waals surface area contributed by atoms with Gasteiger partial charge in [-0.15, -0.1) is 10.2 Å². The number of fused-ring (bicyclic) bond motifs is 1. The summed E-state index contributed by atoms with van der Waals surface area (Å²) in [4.78, 5) is 10.3. The van der Waals surface area contributed by atoms with E-state index in [-0.39, 0.29) is 5.88 Å². The number of aromatic nitrogens is 3. The van der Waals surface area contributed by atoms with Crippen molar-refractivity contribution in [2.75, 3.05) is 0 Å². The highest BCUT2D eigenvalue weighted by Crippen LogP contribution is 2.34. The number of aliphatic imine (C=N–C) groups is 1. The first-order chi connectivity index (χ1) is 11.6. The van der Waals surface area contributed by atoms with Crippen molar-refractivity contribution in [2.24, 2.45) is 17.0 Å². The van der Waals surface area contributed by atoms with Crippen LogP contribution >= 0.6 is 22.7 Å². The fourth-order valence-corrected chi connectivity index (χ4v) is 3.95. The first-order valence-corrected chi connectivity index (χ1v) is 8.84. The number of rotatable bonds is 2. The molecule has 0 bridgehead atoms. The molecule has 2 aromatic heterocycles. The van der Waals surface area contributed by atoms with Gasteiger partial charge in [0.05, 0.1) is 10.6 Å². The van der Waals surface area contributed by atoms with E-state index in [1.165, 1.54) is 22.7 Å². The Morgan fingerprint density at radius 1 is 1.21 bits per heavy atom. The number of hydrogen-bond donors (Lipinski definition) is 1. The first-order valence-electron chi connectivity index (χ1n) is 7.20. The van der Waals surface area contributed by atoms with Gasteiger partial charge in [-0.3, -0.25) is 9.56 Å². The number of thiazole rings is 1. The highest BCUT2D eigenvalue weighted by atomic mass is 32.1. The molecule has 0 fully saturated rings. The summed E-state index contributed by atoms with van der Waals surface area (Å²) >= 11 is 2.82. The minimum Gasteiger partial charge on any atom is -0.493 e. The van der Waals surface area contributed by atoms with Gasteiger partial charge in [0.1, 0.15) is 5.01 Å². The quantitative estimate of drug-likeness (QED) is 0.765. The van der Waals surface area contributed by atoms with Crippen LogP contribution in [0.5, 0.6) is 5.88 Å². The second-order valence-electron chi connectivity index (χ2n) is 5.22. The van der Waals surface area contributed by atoms with Gasteiger partial charge in [-0.1, -0.05) is 40.9 Å². The molecular formula is C16H13N5OS2. The zero-order valence-corrected chi connectivity index (χ0v) is 14.6. The molecule has 0 unspecified atom stereocenters. The molecule has 0 amide bonds. The minimum absolute atomic E-state index is 0.172. The molecule has 0 aliphatic carbocycles. The van der Waals surface area contributed by atoms with Crippen molar-refractivity contribution >= 4 is 51.4 Å². The number of aryl methyl sites for hydroxylation is 1. The highest BCUT2D eigenvalue weighted by molar-refractivity contribution is 7.15. The first kappa shape index (κ1) is 15.0. The van der Waals surface area contributed by atoms with Crippen LogP contribution in [0.25, 0.3) is 11.6 Å². The van der Waals surface area contributed by atoms with Crippen molar-refractivity contribution in [3.05, 3.63) is 44.5 Å². The van der Waals surface area contributed by atoms with Crippen molar-refractivity contribution < 1.29 is 5.11 Å². The molecule has 24 heavy (non-hydrogen) atoms. The molecular weight excluding hydrogens is 342 g/mol. The minimum atomic E-state index is 0.172. The van der Waals surface area contributed by atoms with Crippen molar-refractivity contribution in [3.8, 4) is 5.88 Å². The van der Waals surface area contributed by atoms with E-state index in [4.69, 9.17) is 0 Å². The van der Waals surface area contributed by atoms with Gasteiger partial charge in [-0.25, -0.2) is 0 Å². The maximum absolute atomic E-state index is 10.4. The number of allylic oxidation sites excluding steroid dienone is 1. The van der Waals surface area contributed by atoms with Gasteiger partial charge in [0.15, 0.2) is 4.80 Å². The Kier molecular flexibility index (Phi) is 3.62. The van der Waals surface area contributed by atoms with Crippen LogP contribution in [0.15, 0.2) is 34.3 Å². The van der Waals surface area contributed by atoms with Gasteiger partial charge in [-0.2, -0.15) is 4.99 Å². The lowest BCUT2D eigenvalue weighted by Gasteiger charge is -1.98. The molecule has 0 saturated carbocycles. The van der Waals surface area contributed by atoms with Gasteiger partial charge in [0, 0.05) is 24.4 Å². The standard InChI is InChI=1S/C16H13N5OS2/c1-9-19-20-15(23-9)18-16-21(2)14(22)13(24-16)7-10-8-17-12-6-4-3-5-11(10)12/h3-8,22H,1-2H3/b10-7-,18-16-. The summed E-state index contributed by atoms with van der Waals surface area (Å²) in [6, 6.07) is 7.94. The van der Waals surface area contributed by atoms with Crippen molar-refractivity contribution in [1.82, 2.24) is 14.8 Å². The molecule has 1 aliphatic rings. The molecule has 3 heterocycles. The molecule has 0 spiro atoms. The summed E-state index contributed by atoms with van der Waals surface area (Å²) in [5.41, 5.74) is 2.98. The van der Waals surface area contributed by atoms with Crippen LogP contribution in [0.4, 0.5) is 10.8 Å². The molecule has 6 nitrogen and oxygen atoms in total. The summed E-state index contributed by atoms with van der Waals surface area (Å²) in [6.07, 6.45) is 3.74. The molecule has 1 aliphatic heterocycles. The Hall–Kier alpha value is -2.58. The van der Waals surface area contributed by atoms with E-state index in [2.05, 4.69) is 20.2 Å². The number of aromatic hydroxyl groups is 1. The lowest BCUT2D eigenvalue weighted by atomic mass is 10.1. The second-order valence-corrected chi connectivity index (χ2v) is 7.39. The lowest BCUT2D eigenvalue weighted by Crippen LogP contribution is -2.08. The molecule has 0 radical (unpaired) electrons. The molecule has 0 saturated heterocycles. The fraction of sp³-hybridized carbons (Fsp3) is 0.125. The fourth-order valence-electron chi connectivity index (χ4n) is 2.37. The van der Waals surface area contributed by atoms with E-state index >= 15 is 0 Å². The molecule has 0 atom stereocenters. The predicted molar refractivity (Wildman–Crippen MR) is 97.3 cm³/mol. The van der Waals surface area contributed by atoms with Crippen LogP contribution in [-0.2, 0) is 7.05 Å². The Morgan fingerprint density at radius 3 is 2.83 bits per heavy atom. The van der Waals surface area contributed by atoms with Crippen molar-refractivity contribution in [1.29, 1.82) is 0 Å². The zero-order valence-electron chi connectivity index (χ0n) is 13.0. The van der Waals surface area contributed by atoms with Crippen LogP contribution in [0, 0.1) is 6.92 Å². The van der Waals surface area contributed by atoms with Gasteiger partial charge >= 0.3 is 0 Å². The second kappa shape index (κ2) is 5.81. The lowest BCUT2D eigenvalue weighted by molar-refractivity contribution is 0.427. The largest absolute Gasteiger partial charge is 0.493 e. The summed E-state index contributed by atoms with van der Waals surface area (Å²) in [6.45, 7) is 1.88. The Labute approximate surface area is 145 Å². The van der Waals surface area contributed by atoms with E-state index in [0.29, 0.717) is 9.93 Å². The molecule has 120 valence electrons. The third kappa shape index (κ3) is 2.59. The smallest absolute Gasteiger partial charge is 0.234 e. The number of para-hydroxylation sites is 1. The van der Waals surface area contributed by atoms with Crippen LogP contribution in [-0.4, -0.2) is 26.1 Å². The summed E-state index contributed by atoms with van der Waals surface area (Å²) < 4.78 is 1.64. The Morgan fingerprint density at radius 2 is 2.04 bits per heavy atom. The molecule has 8 heteroatoms. The number of benzene rings is 1. The topological polar surface area (TPSA) is 75.7 Å². The Bertz CT molecular complexity index is 1050. The summed E-state index contributed by atoms with van der Waals surface area (Å²) in [7, 11) is 1.78. The third-order valence-corrected chi connectivity index (χ3v) is 5.38. The van der Waals surface area contributed by atoms with Crippen molar-refractivity contribution in [3.63, 3.8) is 0 Å². The monoisotopic (exact) mass is 355 g/mol. The molecule has 1 N–H and O–H groups in total. The van der Waals surface area contributed by atoms with Gasteiger partial charge in [0.25, 0.3) is 0 Å². The van der Waals surface area contributed by atoms with Crippen LogP contribution in [0.3, 0.4) is 0 Å². The van der Waals surface area contributed by atoms with Gasteiger partial charge in [0.2, 0.25) is 11.0 Å². The summed E-state index contributed by atoms with van der Waals surface area (Å²) in [5, 5.41) is 19.8. The SMILES string of the molecule is Cc1nnc(/N=c2\sc(/C=C3/C=Nc4ccccc43)c(O)n2C)s1. The molecule has 4 rings (SSSR count). The van der Waals surface area contributed by atoms with Crippen LogP contribution in [0.2, 0.25) is 0 Å². The predicted octanol–water partition coefficient (Wildman–Crippen LogP) is 3.44. The zero-order chi connectivity index (χ0) is 16.7. The Balaban J connectivity index is 1.79. The average Bonchev–Trinajstić information content (AvgIpc) is 3.24. The van der Waals surface area contributed by atoms with Gasteiger partial charge in [-0.05, 0) is 19.1 Å². The van der Waals surface area contributed by atoms with Crippen LogP contribution in [0.1, 0.15) is 15.4 Å². The van der Waals surface area contributed by atoms with E-state index in [1.807, 2.05) is 43.5 Å². The van der Waals surface area contributed by atoms with E-state index < -0.39 is 0 Å². The van der Waals surface area contributed by atoms with E-state index in [9.17, 15) is 5.11 Å². The van der Waals surface area contributed by atoms with Crippen molar-refractivity contribution in [2.45, 2.75) is 6.92 Å². The molecule has 3 aromatic rings. The molecule has 1 aromatic carbocycles.